The van der Waals surface area contributed by atoms with Crippen LogP contribution in [0.3, 0.4) is 0 Å². The van der Waals surface area contributed by atoms with Gasteiger partial charge in [-0.15, -0.1) is 0 Å². The molecular weight excluding hydrogens is 320 g/mol. The Morgan fingerprint density at radius 2 is 1.88 bits per heavy atom. The molecule has 0 saturated heterocycles. The van der Waals surface area contributed by atoms with Crippen molar-refractivity contribution >= 4 is 11.7 Å². The fourth-order valence-electron chi connectivity index (χ4n) is 2.92. The van der Waals surface area contributed by atoms with E-state index in [0.29, 0.717) is 23.8 Å². The van der Waals surface area contributed by atoms with Gasteiger partial charge in [-0.2, -0.15) is 9.67 Å². The largest absolute Gasteiger partial charge is 0.497 e. The van der Waals surface area contributed by atoms with Gasteiger partial charge in [0.1, 0.15) is 5.75 Å². The molecular formula is C18H16N4O3. The van der Waals surface area contributed by atoms with E-state index in [9.17, 15) is 9.59 Å². The number of hydrogen-bond donors (Lipinski definition) is 0. The van der Waals surface area contributed by atoms with Gasteiger partial charge in [0.2, 0.25) is 0 Å². The average molecular weight is 336 g/mol. The number of hydrogen-bond acceptors (Lipinski definition) is 4. The number of aromatic nitrogens is 3. The zero-order valence-electron chi connectivity index (χ0n) is 13.6. The maximum absolute atomic E-state index is 12.7. The first-order valence-electron chi connectivity index (χ1n) is 7.86. The SMILES string of the molecule is COc1cccc(N2Cc3nn(Cc4ccccc4)c(=O)n3C2=O)c1. The fraction of sp³-hybridized carbons (Fsp3) is 0.167. The molecule has 1 aliphatic heterocycles. The highest BCUT2D eigenvalue weighted by Crippen LogP contribution is 2.25. The maximum Gasteiger partial charge on any atom is 0.354 e. The number of carbonyl (C=O) groups excluding carboxylic acids is 1. The summed E-state index contributed by atoms with van der Waals surface area (Å²) < 4.78 is 7.64. The molecule has 2 aromatic carbocycles. The maximum atomic E-state index is 12.7. The Kier molecular flexibility index (Phi) is 3.61. The molecule has 0 radical (unpaired) electrons. The van der Waals surface area contributed by atoms with Gasteiger partial charge in [0, 0.05) is 11.8 Å². The third-order valence-electron chi connectivity index (χ3n) is 4.17. The molecule has 0 spiro atoms. The molecule has 25 heavy (non-hydrogen) atoms. The lowest BCUT2D eigenvalue weighted by atomic mass is 10.2. The Labute approximate surface area is 143 Å². The van der Waals surface area contributed by atoms with E-state index in [1.807, 2.05) is 30.3 Å². The van der Waals surface area contributed by atoms with Crippen molar-refractivity contribution in [1.29, 1.82) is 0 Å². The van der Waals surface area contributed by atoms with E-state index in [1.165, 1.54) is 9.58 Å². The minimum absolute atomic E-state index is 0.253. The average Bonchev–Trinajstić information content (AvgIpc) is 3.13. The molecule has 1 aromatic heterocycles. The Balaban J connectivity index is 1.64. The first-order chi connectivity index (χ1) is 12.2. The minimum Gasteiger partial charge on any atom is -0.497 e. The van der Waals surface area contributed by atoms with Gasteiger partial charge in [-0.1, -0.05) is 36.4 Å². The number of carbonyl (C=O) groups is 1. The van der Waals surface area contributed by atoms with Crippen LogP contribution >= 0.6 is 0 Å². The molecule has 0 bridgehead atoms. The summed E-state index contributed by atoms with van der Waals surface area (Å²) in [6.07, 6.45) is 0. The fourth-order valence-corrected chi connectivity index (χ4v) is 2.92. The van der Waals surface area contributed by atoms with Crippen LogP contribution in [0, 0.1) is 0 Å². The van der Waals surface area contributed by atoms with Crippen LogP contribution in [0.4, 0.5) is 10.5 Å². The van der Waals surface area contributed by atoms with Crippen molar-refractivity contribution in [2.45, 2.75) is 13.1 Å². The lowest BCUT2D eigenvalue weighted by Crippen LogP contribution is -2.35. The van der Waals surface area contributed by atoms with Crippen LogP contribution in [0.5, 0.6) is 5.75 Å². The third-order valence-corrected chi connectivity index (χ3v) is 4.17. The zero-order chi connectivity index (χ0) is 17.4. The number of methoxy groups -OCH3 is 1. The summed E-state index contributed by atoms with van der Waals surface area (Å²) in [4.78, 5) is 26.8. The van der Waals surface area contributed by atoms with Crippen LogP contribution in [-0.4, -0.2) is 27.5 Å². The molecule has 2 heterocycles. The topological polar surface area (TPSA) is 69.4 Å². The summed E-state index contributed by atoms with van der Waals surface area (Å²) >= 11 is 0. The Hall–Kier alpha value is -3.35. The standard InChI is InChI=1S/C18H16N4O3/c1-25-15-9-5-8-14(10-15)20-12-16-19-21(18(24)22(16)17(20)23)11-13-6-3-2-4-7-13/h2-10H,11-12H2,1H3. The smallest absolute Gasteiger partial charge is 0.354 e. The van der Waals surface area contributed by atoms with E-state index in [2.05, 4.69) is 5.10 Å². The second-order valence-corrected chi connectivity index (χ2v) is 5.75. The number of fused-ring (bicyclic) bond motifs is 1. The number of benzene rings is 2. The molecule has 0 aliphatic carbocycles. The van der Waals surface area contributed by atoms with Gasteiger partial charge in [-0.05, 0) is 17.7 Å². The van der Waals surface area contributed by atoms with Gasteiger partial charge >= 0.3 is 11.7 Å². The predicted octanol–water partition coefficient (Wildman–Crippen LogP) is 2.09. The van der Waals surface area contributed by atoms with Crippen molar-refractivity contribution in [1.82, 2.24) is 14.3 Å². The molecule has 7 heteroatoms. The second kappa shape index (κ2) is 5.94. The summed E-state index contributed by atoms with van der Waals surface area (Å²) in [6, 6.07) is 16.3. The first-order valence-corrected chi connectivity index (χ1v) is 7.86. The zero-order valence-corrected chi connectivity index (χ0v) is 13.6. The van der Waals surface area contributed by atoms with Crippen LogP contribution in [-0.2, 0) is 13.1 Å². The van der Waals surface area contributed by atoms with Crippen molar-refractivity contribution in [3.63, 3.8) is 0 Å². The molecule has 3 aromatic rings. The number of amides is 1. The van der Waals surface area contributed by atoms with Crippen molar-refractivity contribution < 1.29 is 9.53 Å². The van der Waals surface area contributed by atoms with Crippen molar-refractivity contribution in [2.24, 2.45) is 0 Å². The summed E-state index contributed by atoms with van der Waals surface area (Å²) in [6.45, 7) is 0.592. The monoisotopic (exact) mass is 336 g/mol. The minimum atomic E-state index is -0.422. The first kappa shape index (κ1) is 15.2. The van der Waals surface area contributed by atoms with Crippen LogP contribution in [0.15, 0.2) is 59.4 Å². The summed E-state index contributed by atoms with van der Waals surface area (Å²) in [5, 5.41) is 4.33. The van der Waals surface area contributed by atoms with Crippen molar-refractivity contribution in [2.75, 3.05) is 12.0 Å². The Bertz CT molecular complexity index is 991. The van der Waals surface area contributed by atoms with Gasteiger partial charge in [-0.3, -0.25) is 4.90 Å². The number of ether oxygens (including phenoxy) is 1. The number of rotatable bonds is 4. The molecule has 0 saturated carbocycles. The molecule has 0 atom stereocenters. The van der Waals surface area contributed by atoms with E-state index in [-0.39, 0.29) is 6.54 Å². The van der Waals surface area contributed by atoms with Crippen LogP contribution in [0.1, 0.15) is 11.4 Å². The molecule has 4 rings (SSSR count). The molecule has 0 fully saturated rings. The Morgan fingerprint density at radius 3 is 2.60 bits per heavy atom. The van der Waals surface area contributed by atoms with Crippen LogP contribution in [0.2, 0.25) is 0 Å². The quantitative estimate of drug-likeness (QED) is 0.731. The highest BCUT2D eigenvalue weighted by molar-refractivity contribution is 5.96. The van der Waals surface area contributed by atoms with Gasteiger partial charge in [0.05, 0.1) is 20.2 Å². The third kappa shape index (κ3) is 2.59. The van der Waals surface area contributed by atoms with Crippen LogP contribution < -0.4 is 15.3 Å². The molecule has 0 unspecified atom stereocenters. The van der Waals surface area contributed by atoms with E-state index in [1.54, 1.807) is 31.4 Å². The number of anilines is 1. The normalized spacial score (nSPS) is 13.2. The van der Waals surface area contributed by atoms with E-state index < -0.39 is 11.7 Å². The Morgan fingerprint density at radius 1 is 1.08 bits per heavy atom. The van der Waals surface area contributed by atoms with Gasteiger partial charge in [-0.25, -0.2) is 14.3 Å². The summed E-state index contributed by atoms with van der Waals surface area (Å²) in [7, 11) is 1.57. The summed E-state index contributed by atoms with van der Waals surface area (Å²) in [5.41, 5.74) is 1.21. The molecule has 0 N–H and O–H groups in total. The van der Waals surface area contributed by atoms with Gasteiger partial charge < -0.3 is 4.74 Å². The predicted molar refractivity (Wildman–Crippen MR) is 92.0 cm³/mol. The lowest BCUT2D eigenvalue weighted by Gasteiger charge is -2.15. The van der Waals surface area contributed by atoms with Crippen LogP contribution in [0.25, 0.3) is 0 Å². The molecule has 126 valence electrons. The molecule has 7 nitrogen and oxygen atoms in total. The van der Waals surface area contributed by atoms with Gasteiger partial charge in [0.15, 0.2) is 5.82 Å². The lowest BCUT2D eigenvalue weighted by molar-refractivity contribution is 0.250. The van der Waals surface area contributed by atoms with E-state index in [0.717, 1.165) is 10.1 Å². The second-order valence-electron chi connectivity index (χ2n) is 5.75. The van der Waals surface area contributed by atoms with E-state index in [4.69, 9.17) is 4.74 Å². The van der Waals surface area contributed by atoms with Crippen molar-refractivity contribution in [3.05, 3.63) is 76.5 Å². The highest BCUT2D eigenvalue weighted by atomic mass is 16.5. The summed E-state index contributed by atoms with van der Waals surface area (Å²) in [5.74, 6) is 1.09. The van der Waals surface area contributed by atoms with Gasteiger partial charge in [0.25, 0.3) is 0 Å². The van der Waals surface area contributed by atoms with E-state index >= 15 is 0 Å². The van der Waals surface area contributed by atoms with Crippen molar-refractivity contribution in [3.8, 4) is 5.75 Å². The molecule has 1 aliphatic rings. The molecule has 1 amide bonds. The number of nitrogens with zero attached hydrogens (tertiary/aromatic N) is 4. The highest BCUT2D eigenvalue weighted by Gasteiger charge is 2.33.